The molecule has 1 saturated carbocycles. The maximum Gasteiger partial charge on any atom is 2.00 e. The van der Waals surface area contributed by atoms with Crippen molar-refractivity contribution in [2.24, 2.45) is 9.98 Å². The first-order valence-corrected chi connectivity index (χ1v) is 14.3. The zero-order valence-corrected chi connectivity index (χ0v) is 28.2. The van der Waals surface area contributed by atoms with Crippen molar-refractivity contribution in [2.45, 2.75) is 118 Å². The van der Waals surface area contributed by atoms with Crippen LogP contribution in [-0.2, 0) is 37.2 Å². The van der Waals surface area contributed by atoms with Crippen LogP contribution in [-0.4, -0.2) is 46.7 Å². The third kappa shape index (κ3) is 13.8. The summed E-state index contributed by atoms with van der Waals surface area (Å²) in [6, 6.07) is 8.34. The number of phenolic OH excluding ortho intramolecular Hbond substituents is 2. The van der Waals surface area contributed by atoms with Gasteiger partial charge in [-0.3, -0.25) is 9.98 Å². The molecule has 2 atom stereocenters. The second kappa shape index (κ2) is 17.2. The summed E-state index contributed by atoms with van der Waals surface area (Å²) in [4.78, 5) is 27.6. The first-order chi connectivity index (χ1) is 19.2. The predicted molar refractivity (Wildman–Crippen MR) is 166 cm³/mol. The van der Waals surface area contributed by atoms with E-state index < -0.39 is 11.9 Å². The molecule has 3 rings (SSSR count). The van der Waals surface area contributed by atoms with E-state index in [1.165, 1.54) is 11.1 Å². The van der Waals surface area contributed by atoms with Crippen LogP contribution < -0.4 is 10.2 Å². The van der Waals surface area contributed by atoms with Crippen molar-refractivity contribution in [3.8, 4) is 11.5 Å². The molecule has 1 aliphatic carbocycles. The van der Waals surface area contributed by atoms with Crippen LogP contribution in [0.3, 0.4) is 0 Å². The normalized spacial score (nSPS) is 16.9. The molecule has 1 aliphatic rings. The van der Waals surface area contributed by atoms with E-state index in [0.29, 0.717) is 11.5 Å². The van der Waals surface area contributed by atoms with E-state index in [0.717, 1.165) is 61.8 Å². The molecule has 0 bridgehead atoms. The molecular weight excluding hydrogens is 591 g/mol. The summed E-state index contributed by atoms with van der Waals surface area (Å²) in [6.07, 6.45) is 7.88. The molecule has 239 valence electrons. The van der Waals surface area contributed by atoms with Crippen molar-refractivity contribution >= 4 is 24.4 Å². The van der Waals surface area contributed by atoms with Gasteiger partial charge in [-0.2, -0.15) is 0 Å². The number of benzene rings is 2. The van der Waals surface area contributed by atoms with E-state index in [-0.39, 0.29) is 39.7 Å². The summed E-state index contributed by atoms with van der Waals surface area (Å²) in [5.74, 6) is -1.57. The number of hydrogen-bond acceptors (Lipinski definition) is 8. The quantitative estimate of drug-likeness (QED) is 0.465. The van der Waals surface area contributed by atoms with E-state index in [1.54, 1.807) is 0 Å². The second-order valence-corrected chi connectivity index (χ2v) is 12.9. The number of aliphatic carboxylic acids is 2. The van der Waals surface area contributed by atoms with Gasteiger partial charge in [0.15, 0.2) is 0 Å². The molecule has 2 N–H and O–H groups in total. The van der Waals surface area contributed by atoms with Gasteiger partial charge in [-0.05, 0) is 85.8 Å². The molecule has 2 aromatic carbocycles. The average Bonchev–Trinajstić information content (AvgIpc) is 2.84. The van der Waals surface area contributed by atoms with Gasteiger partial charge in [0.25, 0.3) is 0 Å². The molecule has 0 amide bonds. The summed E-state index contributed by atoms with van der Waals surface area (Å²) in [5, 5.41) is 39.0. The van der Waals surface area contributed by atoms with Crippen LogP contribution in [0.1, 0.15) is 114 Å². The maximum atomic E-state index is 10.6. The number of carbonyl (C=O) groups excluding carboxylic acids is 2. The van der Waals surface area contributed by atoms with Gasteiger partial charge in [-0.15, -0.1) is 0 Å². The fourth-order valence-corrected chi connectivity index (χ4v) is 4.47. The maximum absolute atomic E-state index is 10.6. The number of phenols is 2. The van der Waals surface area contributed by atoms with E-state index in [1.807, 2.05) is 38.4 Å². The zero-order chi connectivity index (χ0) is 32.4. The van der Waals surface area contributed by atoms with Gasteiger partial charge in [0.2, 0.25) is 0 Å². The van der Waals surface area contributed by atoms with Gasteiger partial charge in [0.05, 0.1) is 12.1 Å². The predicted octanol–water partition coefficient (Wildman–Crippen LogP) is 4.67. The minimum absolute atomic E-state index is 0. The molecule has 1 radical (unpaired) electrons. The number of hydrogen-bond donors (Lipinski definition) is 2. The van der Waals surface area contributed by atoms with Crippen LogP contribution >= 0.6 is 0 Å². The number of carbonyl (C=O) groups is 2. The van der Waals surface area contributed by atoms with Crippen molar-refractivity contribution in [1.82, 2.24) is 0 Å². The summed E-state index contributed by atoms with van der Waals surface area (Å²) >= 11 is 0. The van der Waals surface area contributed by atoms with Crippen molar-refractivity contribution in [3.05, 3.63) is 57.6 Å². The molecule has 8 nitrogen and oxygen atoms in total. The second-order valence-electron chi connectivity index (χ2n) is 12.9. The minimum atomic E-state index is -1.08. The molecule has 0 aromatic heterocycles. The fraction of sp³-hybridized carbons (Fsp3) is 0.529. The Morgan fingerprint density at radius 2 is 1.00 bits per heavy atom. The number of aliphatic imine (C=N–C) groups is 2. The van der Waals surface area contributed by atoms with Gasteiger partial charge >= 0.3 is 16.8 Å². The summed E-state index contributed by atoms with van der Waals surface area (Å²) in [5.41, 5.74) is 5.65. The molecule has 1 fully saturated rings. The third-order valence-corrected chi connectivity index (χ3v) is 6.90. The SMILES string of the molecule is CC(=O)[O-].CC(=O)[O-].Cc1cc(C(C)(C)C)cc(C=NC2CCCCC2N=Cc2cc(C(C)(C)C)cc(C)c2O)c1O.[Co+2]. The molecule has 2 unspecified atom stereocenters. The Kier molecular flexibility index (Phi) is 15.9. The minimum Gasteiger partial charge on any atom is -0.550 e. The van der Waals surface area contributed by atoms with E-state index in [4.69, 9.17) is 29.8 Å². The van der Waals surface area contributed by atoms with Crippen LogP contribution in [0.2, 0.25) is 0 Å². The molecule has 0 heterocycles. The Balaban J connectivity index is 0.00000174. The van der Waals surface area contributed by atoms with Crippen molar-refractivity contribution < 1.29 is 46.8 Å². The van der Waals surface area contributed by atoms with Gasteiger partial charge in [-0.25, -0.2) is 0 Å². The van der Waals surface area contributed by atoms with Crippen LogP contribution in [0.5, 0.6) is 11.5 Å². The van der Waals surface area contributed by atoms with Crippen LogP contribution in [0.25, 0.3) is 0 Å². The summed E-state index contributed by atoms with van der Waals surface area (Å²) < 4.78 is 0. The van der Waals surface area contributed by atoms with E-state index >= 15 is 0 Å². The number of nitrogens with zero attached hydrogens (tertiary/aromatic N) is 2. The van der Waals surface area contributed by atoms with Crippen LogP contribution in [0.15, 0.2) is 34.3 Å². The number of carboxylic acid groups (broad SMARTS) is 2. The molecule has 0 spiro atoms. The Hall–Kier alpha value is -3.17. The standard InChI is InChI=1S/C30H42N2O2.2C2H4O2.Co/c1-19-13-23(29(3,4)5)15-21(27(19)33)17-31-25-11-9-10-12-26(25)32-18-22-16-24(30(6,7)8)14-20(2)28(22)34;2*1-2(3)4;/h13-18,25-26,33-34H,9-12H2,1-8H3;2*1H3,(H,3,4);/q;;;+2/p-2. The van der Waals surface area contributed by atoms with Crippen molar-refractivity contribution in [1.29, 1.82) is 0 Å². The van der Waals surface area contributed by atoms with Crippen LogP contribution in [0.4, 0.5) is 0 Å². The smallest absolute Gasteiger partial charge is 0.550 e. The molecule has 0 aliphatic heterocycles. The largest absolute Gasteiger partial charge is 2.00 e. The first-order valence-electron chi connectivity index (χ1n) is 14.3. The molecular formula is C34H48CoN2O6. The van der Waals surface area contributed by atoms with E-state index in [9.17, 15) is 10.2 Å². The van der Waals surface area contributed by atoms with Gasteiger partial charge in [0, 0.05) is 35.5 Å². The topological polar surface area (TPSA) is 145 Å². The monoisotopic (exact) mass is 639 g/mol. The molecule has 9 heteroatoms. The van der Waals surface area contributed by atoms with Gasteiger partial charge in [0.1, 0.15) is 11.5 Å². The number of aromatic hydroxyl groups is 2. The van der Waals surface area contributed by atoms with Crippen molar-refractivity contribution in [2.75, 3.05) is 0 Å². The Morgan fingerprint density at radius 1 is 0.721 bits per heavy atom. The van der Waals surface area contributed by atoms with Crippen molar-refractivity contribution in [3.63, 3.8) is 0 Å². The number of aryl methyl sites for hydroxylation is 2. The molecule has 43 heavy (non-hydrogen) atoms. The van der Waals surface area contributed by atoms with Crippen LogP contribution in [0, 0.1) is 13.8 Å². The van der Waals surface area contributed by atoms with Gasteiger partial charge < -0.3 is 30.0 Å². The summed E-state index contributed by atoms with van der Waals surface area (Å²) in [7, 11) is 0. The number of rotatable bonds is 4. The molecule has 0 saturated heterocycles. The Labute approximate surface area is 267 Å². The fourth-order valence-electron chi connectivity index (χ4n) is 4.47. The molecule has 2 aromatic rings. The average molecular weight is 640 g/mol. The third-order valence-electron chi connectivity index (χ3n) is 6.90. The Morgan fingerprint density at radius 3 is 1.26 bits per heavy atom. The van der Waals surface area contributed by atoms with Gasteiger partial charge in [-0.1, -0.05) is 66.5 Å². The Bertz CT molecular complexity index is 1180. The number of carboxylic acids is 2. The first kappa shape index (κ1) is 39.8. The van der Waals surface area contributed by atoms with E-state index in [2.05, 4.69) is 53.7 Å². The summed E-state index contributed by atoms with van der Waals surface area (Å²) in [6.45, 7) is 18.9. The zero-order valence-electron chi connectivity index (χ0n) is 27.2.